The zero-order valence-corrected chi connectivity index (χ0v) is 12.8. The van der Waals surface area contributed by atoms with Gasteiger partial charge in [0.2, 0.25) is 5.90 Å². The number of carbonyl (C=O) groups is 1. The molecule has 0 fully saturated rings. The number of methoxy groups -OCH3 is 1. The van der Waals surface area contributed by atoms with Crippen LogP contribution in [0.25, 0.3) is 0 Å². The summed E-state index contributed by atoms with van der Waals surface area (Å²) in [4.78, 5) is 15.8. The van der Waals surface area contributed by atoms with Gasteiger partial charge in [0.1, 0.15) is 19.0 Å². The van der Waals surface area contributed by atoms with E-state index >= 15 is 0 Å². The molecule has 2 aromatic carbocycles. The molecule has 0 N–H and O–H groups in total. The van der Waals surface area contributed by atoms with Crippen molar-refractivity contribution in [3.8, 4) is 5.75 Å². The first-order chi connectivity index (χ1) is 11.3. The first-order valence-electron chi connectivity index (χ1n) is 7.32. The summed E-state index contributed by atoms with van der Waals surface area (Å²) in [6.45, 7) is 0.639. The summed E-state index contributed by atoms with van der Waals surface area (Å²) in [6.07, 6.45) is 0. The van der Waals surface area contributed by atoms with Gasteiger partial charge in [-0.25, -0.2) is 9.79 Å². The minimum atomic E-state index is -0.614. The summed E-state index contributed by atoms with van der Waals surface area (Å²) in [5.74, 6) is 0.673. The molecule has 0 aromatic heterocycles. The van der Waals surface area contributed by atoms with Gasteiger partial charge in [-0.3, -0.25) is 0 Å². The fourth-order valence-electron chi connectivity index (χ4n) is 2.28. The molecule has 0 aliphatic carbocycles. The second kappa shape index (κ2) is 6.96. The fourth-order valence-corrected chi connectivity index (χ4v) is 2.28. The van der Waals surface area contributed by atoms with Crippen LogP contribution in [0.3, 0.4) is 0 Å². The number of carbonyl (C=O) groups excluding carboxylic acids is 1. The summed E-state index contributed by atoms with van der Waals surface area (Å²) in [5, 5.41) is 0. The minimum absolute atomic E-state index is 0.190. The molecule has 0 unspecified atom stereocenters. The Bertz CT molecular complexity index is 712. The summed E-state index contributed by atoms with van der Waals surface area (Å²) in [5.41, 5.74) is 1.80. The van der Waals surface area contributed by atoms with Gasteiger partial charge in [0.05, 0.1) is 12.7 Å². The van der Waals surface area contributed by atoms with Crippen LogP contribution in [0.1, 0.15) is 11.1 Å². The number of hydrogen-bond donors (Lipinski definition) is 0. The van der Waals surface area contributed by atoms with Crippen molar-refractivity contribution in [1.82, 2.24) is 0 Å². The molecular weight excluding hydrogens is 294 g/mol. The number of hydrogen-bond acceptors (Lipinski definition) is 5. The van der Waals surface area contributed by atoms with Crippen molar-refractivity contribution in [1.29, 1.82) is 0 Å². The maximum atomic E-state index is 11.5. The van der Waals surface area contributed by atoms with E-state index in [9.17, 15) is 4.79 Å². The molecule has 1 aliphatic heterocycles. The molecule has 5 nitrogen and oxygen atoms in total. The van der Waals surface area contributed by atoms with Crippen molar-refractivity contribution in [2.45, 2.75) is 12.6 Å². The van der Waals surface area contributed by atoms with Gasteiger partial charge in [0.25, 0.3) is 0 Å². The molecule has 1 aliphatic rings. The number of aliphatic imine (C=N–C) groups is 1. The Labute approximate surface area is 134 Å². The Morgan fingerprint density at radius 1 is 1.17 bits per heavy atom. The van der Waals surface area contributed by atoms with Gasteiger partial charge in [-0.1, -0.05) is 42.5 Å². The second-order valence-corrected chi connectivity index (χ2v) is 5.05. The van der Waals surface area contributed by atoms with E-state index in [4.69, 9.17) is 14.2 Å². The molecule has 0 bridgehead atoms. The predicted octanol–water partition coefficient (Wildman–Crippen LogP) is 2.58. The molecule has 3 rings (SSSR count). The van der Waals surface area contributed by atoms with E-state index in [2.05, 4.69) is 4.99 Å². The Hall–Kier alpha value is -2.82. The van der Waals surface area contributed by atoms with Crippen LogP contribution < -0.4 is 4.74 Å². The number of para-hydroxylation sites is 1. The summed E-state index contributed by atoms with van der Waals surface area (Å²) >= 11 is 0. The fraction of sp³-hybridized carbons (Fsp3) is 0.222. The third-order valence-electron chi connectivity index (χ3n) is 3.48. The van der Waals surface area contributed by atoms with Crippen LogP contribution >= 0.6 is 0 Å². The Morgan fingerprint density at radius 3 is 2.70 bits per heavy atom. The Morgan fingerprint density at radius 2 is 1.91 bits per heavy atom. The number of ether oxygens (including phenoxy) is 3. The first kappa shape index (κ1) is 15.1. The maximum Gasteiger partial charge on any atom is 0.334 e. The number of nitrogens with zero attached hydrogens (tertiary/aromatic N) is 1. The molecule has 118 valence electrons. The largest absolute Gasteiger partial charge is 0.488 e. The zero-order valence-electron chi connectivity index (χ0n) is 12.8. The Balaban J connectivity index is 1.77. The molecular formula is C18H17NO4. The summed E-state index contributed by atoms with van der Waals surface area (Å²) < 4.78 is 16.1. The third kappa shape index (κ3) is 3.51. The quantitative estimate of drug-likeness (QED) is 0.796. The van der Waals surface area contributed by atoms with E-state index in [1.165, 1.54) is 7.11 Å². The highest BCUT2D eigenvalue weighted by atomic mass is 16.5. The van der Waals surface area contributed by atoms with Crippen molar-refractivity contribution < 1.29 is 19.0 Å². The summed E-state index contributed by atoms with van der Waals surface area (Å²) in [7, 11) is 1.34. The van der Waals surface area contributed by atoms with Crippen LogP contribution in [0.2, 0.25) is 0 Å². The smallest absolute Gasteiger partial charge is 0.334 e. The van der Waals surface area contributed by atoms with Gasteiger partial charge in [-0.15, -0.1) is 0 Å². The van der Waals surface area contributed by atoms with E-state index in [0.29, 0.717) is 18.3 Å². The van der Waals surface area contributed by atoms with Gasteiger partial charge in [0, 0.05) is 0 Å². The average Bonchev–Trinajstić information content (AvgIpc) is 3.10. The van der Waals surface area contributed by atoms with Crippen LogP contribution in [-0.4, -0.2) is 31.6 Å². The molecule has 0 saturated heterocycles. The average molecular weight is 311 g/mol. The maximum absolute atomic E-state index is 11.5. The van der Waals surface area contributed by atoms with Gasteiger partial charge < -0.3 is 14.2 Å². The molecule has 0 saturated carbocycles. The lowest BCUT2D eigenvalue weighted by molar-refractivity contribution is -0.142. The van der Waals surface area contributed by atoms with Crippen molar-refractivity contribution in [2.75, 3.05) is 13.7 Å². The number of benzene rings is 2. The topological polar surface area (TPSA) is 57.1 Å². The lowest BCUT2D eigenvalue weighted by atomic mass is 10.2. The van der Waals surface area contributed by atoms with Crippen molar-refractivity contribution >= 4 is 11.9 Å². The minimum Gasteiger partial charge on any atom is -0.488 e. The molecule has 1 heterocycles. The van der Waals surface area contributed by atoms with Crippen molar-refractivity contribution in [3.63, 3.8) is 0 Å². The lowest BCUT2D eigenvalue weighted by Crippen LogP contribution is -2.21. The highest BCUT2D eigenvalue weighted by molar-refractivity contribution is 5.99. The van der Waals surface area contributed by atoms with Crippen LogP contribution in [0, 0.1) is 0 Å². The van der Waals surface area contributed by atoms with Crippen molar-refractivity contribution in [2.24, 2.45) is 4.99 Å². The third-order valence-corrected chi connectivity index (χ3v) is 3.48. The molecule has 0 amide bonds. The monoisotopic (exact) mass is 311 g/mol. The SMILES string of the molecule is COC(=O)[C@@H]1COC(c2ccccc2OCc2ccccc2)=N1. The Kier molecular flexibility index (Phi) is 4.57. The van der Waals surface area contributed by atoms with Gasteiger partial charge in [0.15, 0.2) is 6.04 Å². The van der Waals surface area contributed by atoms with Crippen LogP contribution in [0.5, 0.6) is 5.75 Å². The molecule has 0 radical (unpaired) electrons. The van der Waals surface area contributed by atoms with Crippen LogP contribution in [-0.2, 0) is 20.9 Å². The van der Waals surface area contributed by atoms with E-state index < -0.39 is 12.0 Å². The van der Waals surface area contributed by atoms with E-state index in [-0.39, 0.29) is 6.61 Å². The van der Waals surface area contributed by atoms with Crippen LogP contribution in [0.15, 0.2) is 59.6 Å². The van der Waals surface area contributed by atoms with Crippen LogP contribution in [0.4, 0.5) is 0 Å². The highest BCUT2D eigenvalue weighted by Crippen LogP contribution is 2.23. The highest BCUT2D eigenvalue weighted by Gasteiger charge is 2.28. The normalized spacial score (nSPS) is 16.4. The first-order valence-corrected chi connectivity index (χ1v) is 7.32. The molecule has 0 spiro atoms. The second-order valence-electron chi connectivity index (χ2n) is 5.05. The molecule has 5 heteroatoms. The molecule has 2 aromatic rings. The van der Waals surface area contributed by atoms with E-state index in [0.717, 1.165) is 11.1 Å². The molecule has 1 atom stereocenters. The van der Waals surface area contributed by atoms with Gasteiger partial charge >= 0.3 is 5.97 Å². The van der Waals surface area contributed by atoms with E-state index in [1.54, 1.807) is 0 Å². The summed E-state index contributed by atoms with van der Waals surface area (Å²) in [6, 6.07) is 16.8. The van der Waals surface area contributed by atoms with Gasteiger partial charge in [-0.2, -0.15) is 0 Å². The van der Waals surface area contributed by atoms with Crippen molar-refractivity contribution in [3.05, 3.63) is 65.7 Å². The predicted molar refractivity (Wildman–Crippen MR) is 85.5 cm³/mol. The molecule has 23 heavy (non-hydrogen) atoms. The lowest BCUT2D eigenvalue weighted by Gasteiger charge is -2.11. The number of esters is 1. The zero-order chi connectivity index (χ0) is 16.1. The van der Waals surface area contributed by atoms with Gasteiger partial charge in [-0.05, 0) is 17.7 Å². The number of rotatable bonds is 5. The standard InChI is InChI=1S/C18H17NO4/c1-21-18(20)15-12-23-17(19-15)14-9-5-6-10-16(14)22-11-13-7-3-2-4-8-13/h2-10,15H,11-12H2,1H3/t15-/m0/s1. The van der Waals surface area contributed by atoms with E-state index in [1.807, 2.05) is 54.6 Å².